The van der Waals surface area contributed by atoms with Gasteiger partial charge in [-0.1, -0.05) is 30.3 Å². The van der Waals surface area contributed by atoms with E-state index in [1.165, 1.54) is 12.1 Å². The predicted octanol–water partition coefficient (Wildman–Crippen LogP) is 1.27. The van der Waals surface area contributed by atoms with Crippen molar-refractivity contribution in [3.8, 4) is 0 Å². The van der Waals surface area contributed by atoms with E-state index in [2.05, 4.69) is 0 Å². The Balaban J connectivity index is 3.17. The Labute approximate surface area is 106 Å². The van der Waals surface area contributed by atoms with Crippen LogP contribution in [0.1, 0.15) is 26.3 Å². The molecule has 0 aliphatic heterocycles. The highest BCUT2D eigenvalue weighted by Gasteiger charge is 2.47. The maximum absolute atomic E-state index is 12.0. The van der Waals surface area contributed by atoms with E-state index in [1.54, 1.807) is 39.0 Å². The van der Waals surface area contributed by atoms with Crippen molar-refractivity contribution in [2.24, 2.45) is 5.73 Å². The Bertz CT molecular complexity index is 450. The van der Waals surface area contributed by atoms with Gasteiger partial charge in [0.05, 0.1) is 0 Å². The van der Waals surface area contributed by atoms with Crippen molar-refractivity contribution in [2.45, 2.75) is 31.9 Å². The van der Waals surface area contributed by atoms with Gasteiger partial charge in [0.1, 0.15) is 5.60 Å². The van der Waals surface area contributed by atoms with Crippen LogP contribution in [-0.2, 0) is 19.9 Å². The number of carbonyl (C=O) groups excluding carboxylic acids is 1. The number of hydrogen-bond acceptors (Lipinski definition) is 4. The Morgan fingerprint density at radius 1 is 1.17 bits per heavy atom. The molecular formula is C13H17NO4. The molecule has 0 heterocycles. The summed E-state index contributed by atoms with van der Waals surface area (Å²) in [4.78, 5) is 23.3. The first-order chi connectivity index (χ1) is 8.18. The Hall–Kier alpha value is -1.88. The van der Waals surface area contributed by atoms with Crippen LogP contribution in [-0.4, -0.2) is 22.6 Å². The third-order valence-corrected chi connectivity index (χ3v) is 2.29. The van der Waals surface area contributed by atoms with Gasteiger partial charge in [0.15, 0.2) is 0 Å². The minimum absolute atomic E-state index is 0.187. The predicted molar refractivity (Wildman–Crippen MR) is 65.8 cm³/mol. The molecule has 0 aliphatic rings. The third-order valence-electron chi connectivity index (χ3n) is 2.29. The van der Waals surface area contributed by atoms with Crippen LogP contribution in [0.3, 0.4) is 0 Å². The average Bonchev–Trinajstić information content (AvgIpc) is 2.26. The van der Waals surface area contributed by atoms with Crippen LogP contribution in [0.15, 0.2) is 30.3 Å². The SMILES string of the molecule is CC(C)(C)OC(=O)[C@](N)(C(=O)O)c1ccccc1. The Morgan fingerprint density at radius 2 is 1.67 bits per heavy atom. The molecule has 1 aromatic carbocycles. The molecule has 0 fully saturated rings. The molecule has 0 aromatic heterocycles. The van der Waals surface area contributed by atoms with Gasteiger partial charge >= 0.3 is 11.9 Å². The van der Waals surface area contributed by atoms with Gasteiger partial charge in [0.2, 0.25) is 5.54 Å². The summed E-state index contributed by atoms with van der Waals surface area (Å²) in [5.74, 6) is -2.42. The second-order valence-electron chi connectivity index (χ2n) is 4.98. The zero-order valence-corrected chi connectivity index (χ0v) is 10.6. The molecule has 5 nitrogen and oxygen atoms in total. The largest absolute Gasteiger partial charge is 0.479 e. The molecule has 0 spiro atoms. The van der Waals surface area contributed by atoms with E-state index in [-0.39, 0.29) is 5.56 Å². The van der Waals surface area contributed by atoms with Crippen LogP contribution in [0.25, 0.3) is 0 Å². The molecule has 0 saturated heterocycles. The number of nitrogens with two attached hydrogens (primary N) is 1. The lowest BCUT2D eigenvalue weighted by Gasteiger charge is -2.28. The van der Waals surface area contributed by atoms with E-state index in [1.807, 2.05) is 0 Å². The fourth-order valence-corrected chi connectivity index (χ4v) is 1.39. The normalized spacial score (nSPS) is 14.7. The highest BCUT2D eigenvalue weighted by Crippen LogP contribution is 2.23. The average molecular weight is 251 g/mol. The molecular weight excluding hydrogens is 234 g/mol. The number of hydrogen-bond donors (Lipinski definition) is 2. The number of benzene rings is 1. The number of ether oxygens (including phenoxy) is 1. The second-order valence-corrected chi connectivity index (χ2v) is 4.98. The molecule has 0 radical (unpaired) electrons. The quantitative estimate of drug-likeness (QED) is 0.623. The highest BCUT2D eigenvalue weighted by atomic mass is 16.6. The Kier molecular flexibility index (Phi) is 3.76. The smallest absolute Gasteiger partial charge is 0.343 e. The summed E-state index contributed by atoms with van der Waals surface area (Å²) < 4.78 is 5.07. The van der Waals surface area contributed by atoms with Crippen molar-refractivity contribution in [2.75, 3.05) is 0 Å². The van der Waals surface area contributed by atoms with Gasteiger partial charge in [-0.25, -0.2) is 9.59 Å². The van der Waals surface area contributed by atoms with Crippen molar-refractivity contribution in [1.82, 2.24) is 0 Å². The highest BCUT2D eigenvalue weighted by molar-refractivity contribution is 6.04. The van der Waals surface area contributed by atoms with E-state index in [4.69, 9.17) is 10.5 Å². The van der Waals surface area contributed by atoms with Crippen LogP contribution in [0, 0.1) is 0 Å². The summed E-state index contributed by atoms with van der Waals surface area (Å²) in [7, 11) is 0. The maximum Gasteiger partial charge on any atom is 0.343 e. The second kappa shape index (κ2) is 4.78. The summed E-state index contributed by atoms with van der Waals surface area (Å²) in [5.41, 5.74) is 2.94. The summed E-state index contributed by atoms with van der Waals surface area (Å²) in [5, 5.41) is 9.23. The lowest BCUT2D eigenvalue weighted by molar-refractivity contribution is -0.169. The van der Waals surface area contributed by atoms with Crippen LogP contribution >= 0.6 is 0 Å². The molecule has 5 heteroatoms. The van der Waals surface area contributed by atoms with Crippen LogP contribution in [0.4, 0.5) is 0 Å². The van der Waals surface area contributed by atoms with Crippen molar-refractivity contribution in [3.63, 3.8) is 0 Å². The first-order valence-electron chi connectivity index (χ1n) is 5.49. The summed E-state index contributed by atoms with van der Waals surface area (Å²) in [6.45, 7) is 4.95. The standard InChI is InChI=1S/C13H17NO4/c1-12(2,3)18-11(17)13(14,10(15)16)9-7-5-4-6-8-9/h4-8H,14H2,1-3H3,(H,15,16)/t13-/m1/s1. The molecule has 18 heavy (non-hydrogen) atoms. The monoisotopic (exact) mass is 251 g/mol. The first-order valence-corrected chi connectivity index (χ1v) is 5.49. The van der Waals surface area contributed by atoms with Gasteiger partial charge in [-0.15, -0.1) is 0 Å². The van der Waals surface area contributed by atoms with Crippen molar-refractivity contribution in [3.05, 3.63) is 35.9 Å². The van der Waals surface area contributed by atoms with E-state index >= 15 is 0 Å². The van der Waals surface area contributed by atoms with Crippen molar-refractivity contribution in [1.29, 1.82) is 0 Å². The molecule has 0 bridgehead atoms. The number of aliphatic carboxylic acids is 1. The van der Waals surface area contributed by atoms with E-state index < -0.39 is 23.1 Å². The van der Waals surface area contributed by atoms with Gasteiger partial charge < -0.3 is 15.6 Å². The molecule has 3 N–H and O–H groups in total. The van der Waals surface area contributed by atoms with Crippen molar-refractivity contribution < 1.29 is 19.4 Å². The molecule has 0 unspecified atom stereocenters. The molecule has 0 saturated carbocycles. The lowest BCUT2D eigenvalue weighted by Crippen LogP contribution is -2.54. The molecule has 98 valence electrons. The maximum atomic E-state index is 12.0. The Morgan fingerprint density at radius 3 is 2.06 bits per heavy atom. The van der Waals surface area contributed by atoms with Crippen LogP contribution in [0.5, 0.6) is 0 Å². The lowest BCUT2D eigenvalue weighted by atomic mass is 9.91. The van der Waals surface area contributed by atoms with E-state index in [0.29, 0.717) is 0 Å². The topological polar surface area (TPSA) is 89.6 Å². The minimum Gasteiger partial charge on any atom is -0.479 e. The fourth-order valence-electron chi connectivity index (χ4n) is 1.39. The summed E-state index contributed by atoms with van der Waals surface area (Å²) in [6, 6.07) is 7.91. The van der Waals surface area contributed by atoms with Gasteiger partial charge in [-0.3, -0.25) is 0 Å². The zero-order valence-electron chi connectivity index (χ0n) is 10.6. The van der Waals surface area contributed by atoms with Crippen LogP contribution in [0.2, 0.25) is 0 Å². The van der Waals surface area contributed by atoms with E-state index in [0.717, 1.165) is 0 Å². The van der Waals surface area contributed by atoms with Gasteiger partial charge in [0, 0.05) is 0 Å². The number of rotatable bonds is 3. The molecule has 0 amide bonds. The fraction of sp³-hybridized carbons (Fsp3) is 0.385. The van der Waals surface area contributed by atoms with Gasteiger partial charge in [-0.05, 0) is 26.3 Å². The molecule has 1 atom stereocenters. The summed E-state index contributed by atoms with van der Waals surface area (Å²) in [6.07, 6.45) is 0. The van der Waals surface area contributed by atoms with Gasteiger partial charge in [0.25, 0.3) is 0 Å². The third kappa shape index (κ3) is 2.87. The molecule has 0 aliphatic carbocycles. The number of carbonyl (C=O) groups is 2. The van der Waals surface area contributed by atoms with Crippen molar-refractivity contribution >= 4 is 11.9 Å². The minimum atomic E-state index is -2.19. The number of carboxylic acid groups (broad SMARTS) is 1. The van der Waals surface area contributed by atoms with Gasteiger partial charge in [-0.2, -0.15) is 0 Å². The first kappa shape index (κ1) is 14.2. The summed E-state index contributed by atoms with van der Waals surface area (Å²) >= 11 is 0. The molecule has 1 aromatic rings. The zero-order chi connectivity index (χ0) is 14.0. The molecule has 1 rings (SSSR count). The number of esters is 1. The van der Waals surface area contributed by atoms with Crippen LogP contribution < -0.4 is 5.73 Å². The number of carboxylic acids is 1. The van der Waals surface area contributed by atoms with E-state index in [9.17, 15) is 14.7 Å².